The third-order valence-corrected chi connectivity index (χ3v) is 3.68. The van der Waals surface area contributed by atoms with E-state index in [2.05, 4.69) is 5.10 Å². The molecule has 2 aromatic carbocycles. The third kappa shape index (κ3) is 2.23. The molecule has 0 saturated carbocycles. The quantitative estimate of drug-likeness (QED) is 0.537. The number of benzene rings is 2. The van der Waals surface area contributed by atoms with Gasteiger partial charge in [0.2, 0.25) is 0 Å². The van der Waals surface area contributed by atoms with Crippen LogP contribution in [0, 0.1) is 17.0 Å². The van der Waals surface area contributed by atoms with E-state index in [-0.39, 0.29) is 16.3 Å². The van der Waals surface area contributed by atoms with Gasteiger partial charge in [-0.2, -0.15) is 9.78 Å². The first-order valence-corrected chi connectivity index (χ1v) is 6.80. The lowest BCUT2D eigenvalue weighted by Gasteiger charge is -2.08. The second-order valence-corrected chi connectivity index (χ2v) is 5.15. The molecule has 0 atom stereocenters. The second-order valence-electron chi connectivity index (χ2n) is 4.74. The number of fused-ring (bicyclic) bond motifs is 1. The van der Waals surface area contributed by atoms with E-state index in [0.717, 1.165) is 10.1 Å². The molecule has 0 fully saturated rings. The highest BCUT2D eigenvalue weighted by Crippen LogP contribution is 2.26. The SMILES string of the molecule is Cc1nn(-c2ccc(Cl)c([N+](=O)[O-])c2)c(=O)c2ccccc12. The fourth-order valence-corrected chi connectivity index (χ4v) is 2.48. The summed E-state index contributed by atoms with van der Waals surface area (Å²) < 4.78 is 1.15. The van der Waals surface area contributed by atoms with Crippen LogP contribution in [0.1, 0.15) is 5.69 Å². The van der Waals surface area contributed by atoms with Crippen LogP contribution in [-0.4, -0.2) is 14.7 Å². The number of hydrogen-bond donors (Lipinski definition) is 0. The Morgan fingerprint density at radius 1 is 1.18 bits per heavy atom. The predicted molar refractivity (Wildman–Crippen MR) is 83.7 cm³/mol. The van der Waals surface area contributed by atoms with Gasteiger partial charge in [-0.1, -0.05) is 29.8 Å². The Morgan fingerprint density at radius 3 is 2.55 bits per heavy atom. The van der Waals surface area contributed by atoms with E-state index in [1.54, 1.807) is 19.1 Å². The van der Waals surface area contributed by atoms with Crippen molar-refractivity contribution >= 4 is 28.1 Å². The summed E-state index contributed by atoms with van der Waals surface area (Å²) in [6.07, 6.45) is 0. The highest BCUT2D eigenvalue weighted by molar-refractivity contribution is 6.32. The van der Waals surface area contributed by atoms with Gasteiger partial charge in [0.25, 0.3) is 11.2 Å². The second kappa shape index (κ2) is 5.23. The highest BCUT2D eigenvalue weighted by Gasteiger charge is 2.16. The number of aryl methyl sites for hydroxylation is 1. The Bertz CT molecular complexity index is 966. The van der Waals surface area contributed by atoms with Gasteiger partial charge in [0, 0.05) is 11.5 Å². The van der Waals surface area contributed by atoms with Crippen LogP contribution in [0.2, 0.25) is 5.02 Å². The standard InChI is InChI=1S/C15H10ClN3O3/c1-9-11-4-2-3-5-12(11)15(20)18(17-9)10-6-7-13(16)14(8-10)19(21)22/h2-8H,1H3. The maximum absolute atomic E-state index is 12.5. The average Bonchev–Trinajstić information content (AvgIpc) is 2.51. The third-order valence-electron chi connectivity index (χ3n) is 3.36. The van der Waals surface area contributed by atoms with Crippen molar-refractivity contribution in [1.82, 2.24) is 9.78 Å². The molecule has 3 aromatic rings. The van der Waals surface area contributed by atoms with Gasteiger partial charge in [-0.25, -0.2) is 0 Å². The Morgan fingerprint density at radius 2 is 1.86 bits per heavy atom. The van der Waals surface area contributed by atoms with E-state index in [1.807, 2.05) is 12.1 Å². The van der Waals surface area contributed by atoms with E-state index < -0.39 is 4.92 Å². The van der Waals surface area contributed by atoms with Crippen LogP contribution in [0.3, 0.4) is 0 Å². The molecule has 0 aliphatic carbocycles. The summed E-state index contributed by atoms with van der Waals surface area (Å²) in [5, 5.41) is 16.5. The highest BCUT2D eigenvalue weighted by atomic mass is 35.5. The van der Waals surface area contributed by atoms with Crippen molar-refractivity contribution in [2.45, 2.75) is 6.92 Å². The number of rotatable bonds is 2. The maximum Gasteiger partial charge on any atom is 0.290 e. The van der Waals surface area contributed by atoms with Crippen molar-refractivity contribution in [2.24, 2.45) is 0 Å². The Labute approximate surface area is 129 Å². The molecule has 3 rings (SSSR count). The van der Waals surface area contributed by atoms with Crippen molar-refractivity contribution < 1.29 is 4.92 Å². The first-order chi connectivity index (χ1) is 10.5. The molecule has 0 N–H and O–H groups in total. The molecule has 110 valence electrons. The molecule has 6 nitrogen and oxygen atoms in total. The molecule has 0 aliphatic heterocycles. The van der Waals surface area contributed by atoms with Gasteiger partial charge in [0.05, 0.1) is 21.7 Å². The lowest BCUT2D eigenvalue weighted by molar-refractivity contribution is -0.384. The normalized spacial score (nSPS) is 10.8. The van der Waals surface area contributed by atoms with Crippen LogP contribution in [0.4, 0.5) is 5.69 Å². The minimum atomic E-state index is -0.592. The van der Waals surface area contributed by atoms with Crippen molar-refractivity contribution in [3.63, 3.8) is 0 Å². The molecule has 1 heterocycles. The number of aromatic nitrogens is 2. The zero-order valence-electron chi connectivity index (χ0n) is 11.5. The van der Waals surface area contributed by atoms with Crippen LogP contribution in [0.5, 0.6) is 0 Å². The topological polar surface area (TPSA) is 78.0 Å². The van der Waals surface area contributed by atoms with Gasteiger partial charge in [0.15, 0.2) is 0 Å². The molecule has 0 aliphatic rings. The summed E-state index contributed by atoms with van der Waals surface area (Å²) >= 11 is 5.80. The summed E-state index contributed by atoms with van der Waals surface area (Å²) in [7, 11) is 0. The van der Waals surface area contributed by atoms with E-state index >= 15 is 0 Å². The van der Waals surface area contributed by atoms with Gasteiger partial charge in [-0.3, -0.25) is 14.9 Å². The van der Waals surface area contributed by atoms with Gasteiger partial charge < -0.3 is 0 Å². The summed E-state index contributed by atoms with van der Waals surface area (Å²) in [6, 6.07) is 11.3. The molecule has 0 spiro atoms. The van der Waals surface area contributed by atoms with Crippen molar-refractivity contribution in [3.05, 3.63) is 73.6 Å². The molecule has 7 heteroatoms. The smallest absolute Gasteiger partial charge is 0.267 e. The van der Waals surface area contributed by atoms with Crippen LogP contribution >= 0.6 is 11.6 Å². The van der Waals surface area contributed by atoms with Crippen LogP contribution in [0.15, 0.2) is 47.3 Å². The lowest BCUT2D eigenvalue weighted by atomic mass is 10.1. The fourth-order valence-electron chi connectivity index (χ4n) is 2.30. The number of hydrogen-bond acceptors (Lipinski definition) is 4. The Hall–Kier alpha value is -2.73. The number of halogens is 1. The molecule has 0 bridgehead atoms. The molecular weight excluding hydrogens is 306 g/mol. The Balaban J connectivity index is 2.32. The molecule has 0 amide bonds. The number of nitro groups is 1. The van der Waals surface area contributed by atoms with E-state index in [1.165, 1.54) is 18.2 Å². The summed E-state index contributed by atoms with van der Waals surface area (Å²) in [6.45, 7) is 1.78. The van der Waals surface area contributed by atoms with E-state index in [4.69, 9.17) is 11.6 Å². The minimum absolute atomic E-state index is 0.0133. The van der Waals surface area contributed by atoms with Crippen molar-refractivity contribution in [1.29, 1.82) is 0 Å². The molecule has 22 heavy (non-hydrogen) atoms. The van der Waals surface area contributed by atoms with Gasteiger partial charge >= 0.3 is 0 Å². The van der Waals surface area contributed by atoms with Gasteiger partial charge in [-0.05, 0) is 25.1 Å². The molecule has 1 aromatic heterocycles. The van der Waals surface area contributed by atoms with E-state index in [9.17, 15) is 14.9 Å². The van der Waals surface area contributed by atoms with Crippen molar-refractivity contribution in [3.8, 4) is 5.69 Å². The maximum atomic E-state index is 12.5. The van der Waals surface area contributed by atoms with Crippen LogP contribution in [0.25, 0.3) is 16.5 Å². The zero-order valence-corrected chi connectivity index (χ0v) is 12.2. The number of nitro benzene ring substituents is 1. The summed E-state index contributed by atoms with van der Waals surface area (Å²) in [5.74, 6) is 0. The summed E-state index contributed by atoms with van der Waals surface area (Å²) in [5.41, 5.74) is 0.360. The average molecular weight is 316 g/mol. The van der Waals surface area contributed by atoms with Gasteiger partial charge in [-0.15, -0.1) is 0 Å². The first-order valence-electron chi connectivity index (χ1n) is 6.42. The van der Waals surface area contributed by atoms with Crippen LogP contribution in [-0.2, 0) is 0 Å². The Kier molecular flexibility index (Phi) is 3.38. The largest absolute Gasteiger partial charge is 0.290 e. The van der Waals surface area contributed by atoms with Crippen LogP contribution < -0.4 is 5.56 Å². The van der Waals surface area contributed by atoms with Crippen molar-refractivity contribution in [2.75, 3.05) is 0 Å². The van der Waals surface area contributed by atoms with Gasteiger partial charge in [0.1, 0.15) is 5.02 Å². The van der Waals surface area contributed by atoms with E-state index in [0.29, 0.717) is 16.8 Å². The fraction of sp³-hybridized carbons (Fsp3) is 0.0667. The summed E-state index contributed by atoms with van der Waals surface area (Å²) in [4.78, 5) is 22.9. The minimum Gasteiger partial charge on any atom is -0.267 e. The predicted octanol–water partition coefficient (Wildman–Crippen LogP) is 3.26. The molecular formula is C15H10ClN3O3. The zero-order chi connectivity index (χ0) is 15.9. The number of nitrogens with zero attached hydrogens (tertiary/aromatic N) is 3. The lowest BCUT2D eigenvalue weighted by Crippen LogP contribution is -2.22. The molecule has 0 unspecified atom stereocenters. The molecule has 0 saturated heterocycles. The monoisotopic (exact) mass is 315 g/mol. The first kappa shape index (κ1) is 14.2. The molecule has 0 radical (unpaired) electrons.